The largest absolute Gasteiger partial charge is 0.462 e. The van der Waals surface area contributed by atoms with E-state index in [-0.39, 0.29) is 31.1 Å². The SMILES string of the molecule is CCCC/C=C\C/C=C\CCCCCCCC(=O)OCC(COC(=O)CCCCCCCCCCCCCCCCCCCCCCCCCCCCCCCC)OC(=O)CCCCCCCCCCCCCCCCCC. The Morgan fingerprint density at radius 3 is 0.744 bits per heavy atom. The minimum Gasteiger partial charge on any atom is -0.462 e. The average molecular weight is 1100 g/mol. The highest BCUT2D eigenvalue weighted by atomic mass is 16.6. The third-order valence-corrected chi connectivity index (χ3v) is 16.2. The van der Waals surface area contributed by atoms with Crippen LogP contribution in [0.1, 0.15) is 400 Å². The lowest BCUT2D eigenvalue weighted by atomic mass is 10.0. The number of rotatable bonds is 66. The second-order valence-corrected chi connectivity index (χ2v) is 24.2. The van der Waals surface area contributed by atoms with Crippen molar-refractivity contribution in [3.05, 3.63) is 24.3 Å². The number of carbonyl (C=O) groups is 3. The molecular formula is C72H136O6. The van der Waals surface area contributed by atoms with Crippen LogP contribution in [0.15, 0.2) is 24.3 Å². The van der Waals surface area contributed by atoms with E-state index in [1.54, 1.807) is 0 Å². The molecule has 0 amide bonds. The highest BCUT2D eigenvalue weighted by molar-refractivity contribution is 5.71. The Labute approximate surface area is 487 Å². The summed E-state index contributed by atoms with van der Waals surface area (Å²) in [7, 11) is 0. The normalized spacial score (nSPS) is 12.1. The van der Waals surface area contributed by atoms with Crippen LogP contribution in [0.3, 0.4) is 0 Å². The first-order valence-electron chi connectivity index (χ1n) is 35.3. The van der Waals surface area contributed by atoms with E-state index in [1.165, 1.54) is 283 Å². The first kappa shape index (κ1) is 75.9. The molecule has 0 saturated carbocycles. The number of allylic oxidation sites excluding steroid dienone is 4. The van der Waals surface area contributed by atoms with Crippen molar-refractivity contribution in [3.63, 3.8) is 0 Å². The lowest BCUT2D eigenvalue weighted by molar-refractivity contribution is -0.167. The van der Waals surface area contributed by atoms with Crippen molar-refractivity contribution in [2.75, 3.05) is 13.2 Å². The molecule has 6 nitrogen and oxygen atoms in total. The third-order valence-electron chi connectivity index (χ3n) is 16.2. The van der Waals surface area contributed by atoms with Crippen molar-refractivity contribution < 1.29 is 28.6 Å². The molecule has 0 rings (SSSR count). The molecule has 0 bridgehead atoms. The van der Waals surface area contributed by atoms with Gasteiger partial charge in [0.2, 0.25) is 0 Å². The number of hydrogen-bond acceptors (Lipinski definition) is 6. The predicted molar refractivity (Wildman–Crippen MR) is 340 cm³/mol. The van der Waals surface area contributed by atoms with Crippen LogP contribution < -0.4 is 0 Å². The maximum atomic E-state index is 12.9. The van der Waals surface area contributed by atoms with Gasteiger partial charge in [0, 0.05) is 19.3 Å². The molecule has 0 spiro atoms. The van der Waals surface area contributed by atoms with Crippen LogP contribution in [0.4, 0.5) is 0 Å². The summed E-state index contributed by atoms with van der Waals surface area (Å²) in [6.45, 7) is 6.67. The molecule has 0 heterocycles. The minimum absolute atomic E-state index is 0.0695. The van der Waals surface area contributed by atoms with E-state index < -0.39 is 6.10 Å². The van der Waals surface area contributed by atoms with Crippen molar-refractivity contribution in [1.82, 2.24) is 0 Å². The van der Waals surface area contributed by atoms with Gasteiger partial charge in [-0.15, -0.1) is 0 Å². The Morgan fingerprint density at radius 2 is 0.474 bits per heavy atom. The molecule has 0 saturated heterocycles. The highest BCUT2D eigenvalue weighted by Gasteiger charge is 2.19. The molecular weight excluding hydrogens is 961 g/mol. The Kier molecular flexibility index (Phi) is 65.6. The van der Waals surface area contributed by atoms with Gasteiger partial charge in [0.1, 0.15) is 13.2 Å². The second kappa shape index (κ2) is 67.4. The van der Waals surface area contributed by atoms with Crippen LogP contribution in [0.5, 0.6) is 0 Å². The van der Waals surface area contributed by atoms with Gasteiger partial charge in [-0.1, -0.05) is 360 Å². The molecule has 460 valence electrons. The van der Waals surface area contributed by atoms with Crippen LogP contribution in [-0.2, 0) is 28.6 Å². The Morgan fingerprint density at radius 1 is 0.256 bits per heavy atom. The summed E-state index contributed by atoms with van der Waals surface area (Å²) in [6, 6.07) is 0. The van der Waals surface area contributed by atoms with E-state index in [1.807, 2.05) is 0 Å². The number of ether oxygens (including phenoxy) is 3. The molecule has 6 heteroatoms. The number of esters is 3. The van der Waals surface area contributed by atoms with Crippen molar-refractivity contribution in [1.29, 1.82) is 0 Å². The quantitative estimate of drug-likeness (QED) is 0.0261. The van der Waals surface area contributed by atoms with E-state index in [2.05, 4.69) is 45.1 Å². The fourth-order valence-electron chi connectivity index (χ4n) is 10.9. The summed E-state index contributed by atoms with van der Waals surface area (Å²) >= 11 is 0. The molecule has 78 heavy (non-hydrogen) atoms. The summed E-state index contributed by atoms with van der Waals surface area (Å²) in [6.07, 6.45) is 82.2. The van der Waals surface area contributed by atoms with Crippen LogP contribution in [0.25, 0.3) is 0 Å². The van der Waals surface area contributed by atoms with Crippen molar-refractivity contribution in [3.8, 4) is 0 Å². The van der Waals surface area contributed by atoms with Crippen LogP contribution in [-0.4, -0.2) is 37.2 Å². The molecule has 0 aromatic heterocycles. The molecule has 0 aliphatic rings. The number of carbonyl (C=O) groups excluding carboxylic acids is 3. The van der Waals surface area contributed by atoms with Gasteiger partial charge in [-0.2, -0.15) is 0 Å². The molecule has 1 unspecified atom stereocenters. The fourth-order valence-corrected chi connectivity index (χ4v) is 10.9. The van der Waals surface area contributed by atoms with Crippen LogP contribution >= 0.6 is 0 Å². The Bertz CT molecular complexity index is 1260. The second-order valence-electron chi connectivity index (χ2n) is 24.2. The first-order valence-corrected chi connectivity index (χ1v) is 35.3. The maximum absolute atomic E-state index is 12.9. The van der Waals surface area contributed by atoms with Gasteiger partial charge < -0.3 is 14.2 Å². The minimum atomic E-state index is -0.773. The van der Waals surface area contributed by atoms with E-state index in [0.29, 0.717) is 19.3 Å². The maximum Gasteiger partial charge on any atom is 0.306 e. The van der Waals surface area contributed by atoms with Crippen LogP contribution in [0.2, 0.25) is 0 Å². The van der Waals surface area contributed by atoms with Gasteiger partial charge in [-0.05, 0) is 44.9 Å². The fraction of sp³-hybridized carbons (Fsp3) is 0.903. The number of hydrogen-bond donors (Lipinski definition) is 0. The summed E-state index contributed by atoms with van der Waals surface area (Å²) in [5.74, 6) is -0.854. The lowest BCUT2D eigenvalue weighted by Gasteiger charge is -2.18. The van der Waals surface area contributed by atoms with E-state index in [9.17, 15) is 14.4 Å². The molecule has 0 N–H and O–H groups in total. The van der Waals surface area contributed by atoms with E-state index in [4.69, 9.17) is 14.2 Å². The third kappa shape index (κ3) is 64.7. The van der Waals surface area contributed by atoms with Gasteiger partial charge in [0.05, 0.1) is 0 Å². The standard InChI is InChI=1S/C72H136O6/c1-4-7-10-13-16-19-22-25-28-30-31-32-33-34-35-36-37-38-39-40-41-42-43-45-47-50-53-56-59-62-65-71(74)77-68-69(67-76-70(73)64-61-58-55-52-49-46-27-24-21-18-15-12-9-6-3)78-72(75)66-63-60-57-54-51-48-44-29-26-23-20-17-14-11-8-5-2/h15,18,24,27,69H,4-14,16-17,19-23,25-26,28-68H2,1-3H3/b18-15-,27-24-. The predicted octanol–water partition coefficient (Wildman–Crippen LogP) is 24.2. The number of unbranched alkanes of at least 4 members (excludes halogenated alkanes) is 51. The van der Waals surface area contributed by atoms with E-state index >= 15 is 0 Å². The zero-order valence-electron chi connectivity index (χ0n) is 53.0. The zero-order chi connectivity index (χ0) is 56.4. The van der Waals surface area contributed by atoms with Gasteiger partial charge in [-0.3, -0.25) is 14.4 Å². The van der Waals surface area contributed by atoms with Crippen molar-refractivity contribution in [2.45, 2.75) is 406 Å². The van der Waals surface area contributed by atoms with Crippen molar-refractivity contribution >= 4 is 17.9 Å². The Balaban J connectivity index is 4.14. The van der Waals surface area contributed by atoms with Gasteiger partial charge in [0.15, 0.2) is 6.10 Å². The van der Waals surface area contributed by atoms with E-state index in [0.717, 1.165) is 77.0 Å². The van der Waals surface area contributed by atoms with Gasteiger partial charge in [-0.25, -0.2) is 0 Å². The molecule has 1 atom stereocenters. The summed E-state index contributed by atoms with van der Waals surface area (Å²) < 4.78 is 17.0. The van der Waals surface area contributed by atoms with Gasteiger partial charge in [0.25, 0.3) is 0 Å². The lowest BCUT2D eigenvalue weighted by Crippen LogP contribution is -2.30. The zero-order valence-corrected chi connectivity index (χ0v) is 53.0. The molecule has 0 fully saturated rings. The topological polar surface area (TPSA) is 78.9 Å². The summed E-state index contributed by atoms with van der Waals surface area (Å²) in [5, 5.41) is 0. The summed E-state index contributed by atoms with van der Waals surface area (Å²) in [5.41, 5.74) is 0. The molecule has 0 aromatic rings. The molecule has 0 radical (unpaired) electrons. The monoisotopic (exact) mass is 1100 g/mol. The first-order chi connectivity index (χ1) is 38.5. The van der Waals surface area contributed by atoms with Crippen LogP contribution in [0, 0.1) is 0 Å². The Hall–Kier alpha value is -2.11. The van der Waals surface area contributed by atoms with Crippen molar-refractivity contribution in [2.24, 2.45) is 0 Å². The van der Waals surface area contributed by atoms with Gasteiger partial charge >= 0.3 is 17.9 Å². The molecule has 0 aliphatic heterocycles. The molecule has 0 aromatic carbocycles. The smallest absolute Gasteiger partial charge is 0.306 e. The highest BCUT2D eigenvalue weighted by Crippen LogP contribution is 2.19. The molecule has 0 aliphatic carbocycles. The summed E-state index contributed by atoms with van der Waals surface area (Å²) in [4.78, 5) is 38.4. The average Bonchev–Trinajstić information content (AvgIpc) is 3.44.